The van der Waals surface area contributed by atoms with Gasteiger partial charge in [-0.3, -0.25) is 10.1 Å². The standard InChI is InChI=1S/C19H11ClN2O5S/c20-14-4-7-17(8-5-14)28(25,26)18(12-21)11-16-6-9-19(27-16)13-2-1-3-15(10-13)22(23)24/h1-11H. The van der Waals surface area contributed by atoms with Crippen LogP contribution in [0.4, 0.5) is 5.69 Å². The molecule has 0 unspecified atom stereocenters. The number of nitro groups is 1. The number of hydrogen-bond donors (Lipinski definition) is 0. The highest BCUT2D eigenvalue weighted by molar-refractivity contribution is 7.95. The Labute approximate surface area is 165 Å². The first-order valence-corrected chi connectivity index (χ1v) is 9.64. The van der Waals surface area contributed by atoms with Crippen molar-refractivity contribution in [3.05, 3.63) is 86.5 Å². The van der Waals surface area contributed by atoms with Crippen LogP contribution in [-0.2, 0) is 9.84 Å². The van der Waals surface area contributed by atoms with E-state index >= 15 is 0 Å². The van der Waals surface area contributed by atoms with E-state index in [1.165, 1.54) is 54.6 Å². The van der Waals surface area contributed by atoms with Gasteiger partial charge in [-0.15, -0.1) is 0 Å². The number of sulfone groups is 1. The van der Waals surface area contributed by atoms with Gasteiger partial charge < -0.3 is 4.42 Å². The zero-order valence-electron chi connectivity index (χ0n) is 14.1. The Balaban J connectivity index is 1.97. The van der Waals surface area contributed by atoms with Crippen LogP contribution in [0, 0.1) is 21.4 Å². The van der Waals surface area contributed by atoms with Crippen LogP contribution in [0.3, 0.4) is 0 Å². The predicted molar refractivity (Wildman–Crippen MR) is 103 cm³/mol. The van der Waals surface area contributed by atoms with Crippen LogP contribution < -0.4 is 0 Å². The van der Waals surface area contributed by atoms with Gasteiger partial charge in [0.05, 0.1) is 9.82 Å². The SMILES string of the molecule is N#CC(=Cc1ccc(-c2cccc([N+](=O)[O-])c2)o1)S(=O)(=O)c1ccc(Cl)cc1. The molecular weight excluding hydrogens is 404 g/mol. The molecule has 0 radical (unpaired) electrons. The Morgan fingerprint density at radius 2 is 1.86 bits per heavy atom. The highest BCUT2D eigenvalue weighted by Crippen LogP contribution is 2.28. The summed E-state index contributed by atoms with van der Waals surface area (Å²) in [4.78, 5) is 9.79. The molecule has 0 aliphatic carbocycles. The van der Waals surface area contributed by atoms with Gasteiger partial charge in [-0.2, -0.15) is 5.26 Å². The lowest BCUT2D eigenvalue weighted by Gasteiger charge is -2.02. The van der Waals surface area contributed by atoms with Gasteiger partial charge in [0, 0.05) is 28.8 Å². The normalized spacial score (nSPS) is 11.8. The summed E-state index contributed by atoms with van der Waals surface area (Å²) in [6, 6.07) is 15.9. The van der Waals surface area contributed by atoms with Crippen LogP contribution >= 0.6 is 11.6 Å². The molecule has 28 heavy (non-hydrogen) atoms. The molecule has 0 aliphatic rings. The maximum Gasteiger partial charge on any atom is 0.270 e. The summed E-state index contributed by atoms with van der Waals surface area (Å²) < 4.78 is 30.8. The fourth-order valence-electron chi connectivity index (χ4n) is 2.40. The van der Waals surface area contributed by atoms with Gasteiger partial charge in [-0.25, -0.2) is 8.42 Å². The van der Waals surface area contributed by atoms with Crippen molar-refractivity contribution in [3.8, 4) is 17.4 Å². The Hall–Kier alpha value is -3.41. The van der Waals surface area contributed by atoms with Crippen LogP contribution in [0.25, 0.3) is 17.4 Å². The molecule has 3 rings (SSSR count). The Kier molecular flexibility index (Phi) is 5.31. The molecule has 7 nitrogen and oxygen atoms in total. The fourth-order valence-corrected chi connectivity index (χ4v) is 3.66. The number of nitrogens with zero attached hydrogens (tertiary/aromatic N) is 2. The maximum atomic E-state index is 12.6. The van der Waals surface area contributed by atoms with Crippen molar-refractivity contribution in [2.75, 3.05) is 0 Å². The molecule has 0 atom stereocenters. The molecule has 1 heterocycles. The van der Waals surface area contributed by atoms with Crippen LogP contribution in [0.1, 0.15) is 5.76 Å². The summed E-state index contributed by atoms with van der Waals surface area (Å²) >= 11 is 5.77. The first-order chi connectivity index (χ1) is 13.3. The topological polar surface area (TPSA) is 114 Å². The van der Waals surface area contributed by atoms with E-state index in [9.17, 15) is 23.8 Å². The number of allylic oxidation sites excluding steroid dienone is 1. The molecule has 0 fully saturated rings. The number of benzene rings is 2. The summed E-state index contributed by atoms with van der Waals surface area (Å²) in [6.45, 7) is 0. The number of furan rings is 1. The first kappa shape index (κ1) is 19.4. The molecule has 0 saturated heterocycles. The highest BCUT2D eigenvalue weighted by Gasteiger charge is 2.21. The fraction of sp³-hybridized carbons (Fsp3) is 0. The van der Waals surface area contributed by atoms with Gasteiger partial charge in [0.2, 0.25) is 9.84 Å². The molecular formula is C19H11ClN2O5S. The van der Waals surface area contributed by atoms with Crippen LogP contribution in [-0.4, -0.2) is 13.3 Å². The summed E-state index contributed by atoms with van der Waals surface area (Å²) in [5.74, 6) is 0.423. The van der Waals surface area contributed by atoms with Gasteiger partial charge in [-0.1, -0.05) is 23.7 Å². The molecule has 0 bridgehead atoms. The molecule has 9 heteroatoms. The molecule has 2 aromatic carbocycles. The van der Waals surface area contributed by atoms with Crippen molar-refractivity contribution < 1.29 is 17.8 Å². The van der Waals surface area contributed by atoms with Gasteiger partial charge >= 0.3 is 0 Å². The smallest absolute Gasteiger partial charge is 0.270 e. The Morgan fingerprint density at radius 1 is 1.14 bits per heavy atom. The van der Waals surface area contributed by atoms with E-state index in [1.54, 1.807) is 12.1 Å². The minimum absolute atomic E-state index is 0.0739. The first-order valence-electron chi connectivity index (χ1n) is 7.78. The number of nitro benzene ring substituents is 1. The van der Waals surface area contributed by atoms with E-state index in [4.69, 9.17) is 16.0 Å². The van der Waals surface area contributed by atoms with Crippen LogP contribution in [0.2, 0.25) is 5.02 Å². The van der Waals surface area contributed by atoms with Crippen molar-refractivity contribution in [1.29, 1.82) is 5.26 Å². The summed E-state index contributed by atoms with van der Waals surface area (Å²) in [7, 11) is -4.05. The van der Waals surface area contributed by atoms with Gasteiger partial charge in [0.25, 0.3) is 5.69 Å². The monoisotopic (exact) mass is 414 g/mol. The predicted octanol–water partition coefficient (Wildman–Crippen LogP) is 4.85. The second-order valence-corrected chi connectivity index (χ2v) is 7.94. The van der Waals surface area contributed by atoms with E-state index in [1.807, 2.05) is 0 Å². The Bertz CT molecular complexity index is 1220. The summed E-state index contributed by atoms with van der Waals surface area (Å²) in [5, 5.41) is 20.6. The summed E-state index contributed by atoms with van der Waals surface area (Å²) in [6.07, 6.45) is 1.10. The van der Waals surface area contributed by atoms with Gasteiger partial charge in [-0.05, 0) is 36.4 Å². The molecule has 3 aromatic rings. The van der Waals surface area contributed by atoms with Crippen molar-refractivity contribution in [3.63, 3.8) is 0 Å². The van der Waals surface area contributed by atoms with Gasteiger partial charge in [0.1, 0.15) is 17.6 Å². The Morgan fingerprint density at radius 3 is 2.50 bits per heavy atom. The lowest BCUT2D eigenvalue weighted by Crippen LogP contribution is -2.03. The van der Waals surface area contributed by atoms with Crippen molar-refractivity contribution in [2.24, 2.45) is 0 Å². The third-order valence-corrected chi connectivity index (χ3v) is 5.70. The molecule has 0 N–H and O–H groups in total. The number of rotatable bonds is 5. The molecule has 0 aliphatic heterocycles. The average Bonchev–Trinajstić information content (AvgIpc) is 3.15. The van der Waals surface area contributed by atoms with E-state index in [0.29, 0.717) is 16.3 Å². The second-order valence-electron chi connectivity index (χ2n) is 5.59. The third-order valence-electron chi connectivity index (χ3n) is 3.77. The highest BCUT2D eigenvalue weighted by atomic mass is 35.5. The van der Waals surface area contributed by atoms with Crippen molar-refractivity contribution in [2.45, 2.75) is 4.90 Å². The minimum Gasteiger partial charge on any atom is -0.457 e. The lowest BCUT2D eigenvalue weighted by atomic mass is 10.1. The summed E-state index contributed by atoms with van der Waals surface area (Å²) in [5.41, 5.74) is 0.349. The zero-order valence-corrected chi connectivity index (χ0v) is 15.6. The number of nitriles is 1. The lowest BCUT2D eigenvalue weighted by molar-refractivity contribution is -0.384. The van der Waals surface area contributed by atoms with E-state index < -0.39 is 19.7 Å². The number of halogens is 1. The number of hydrogen-bond acceptors (Lipinski definition) is 6. The van der Waals surface area contributed by atoms with E-state index in [2.05, 4.69) is 0 Å². The van der Waals surface area contributed by atoms with Gasteiger partial charge in [0.15, 0.2) is 4.91 Å². The second kappa shape index (κ2) is 7.68. The van der Waals surface area contributed by atoms with E-state index in [-0.39, 0.29) is 16.3 Å². The van der Waals surface area contributed by atoms with Crippen molar-refractivity contribution in [1.82, 2.24) is 0 Å². The molecule has 0 amide bonds. The number of non-ortho nitro benzene ring substituents is 1. The third kappa shape index (κ3) is 3.96. The average molecular weight is 415 g/mol. The largest absolute Gasteiger partial charge is 0.457 e. The quantitative estimate of drug-likeness (QED) is 0.335. The zero-order chi connectivity index (χ0) is 20.3. The minimum atomic E-state index is -4.05. The molecule has 0 spiro atoms. The molecule has 0 saturated carbocycles. The molecule has 1 aromatic heterocycles. The van der Waals surface area contributed by atoms with Crippen LogP contribution in [0.5, 0.6) is 0 Å². The van der Waals surface area contributed by atoms with Crippen LogP contribution in [0.15, 0.2) is 74.9 Å². The van der Waals surface area contributed by atoms with Crippen molar-refractivity contribution >= 4 is 33.2 Å². The van der Waals surface area contributed by atoms with E-state index in [0.717, 1.165) is 6.08 Å². The molecule has 140 valence electrons. The maximum absolute atomic E-state index is 12.6.